The van der Waals surface area contributed by atoms with Crippen LogP contribution in [0, 0.1) is 0 Å². The van der Waals surface area contributed by atoms with Crippen LogP contribution in [0.5, 0.6) is 0 Å². The van der Waals surface area contributed by atoms with Crippen LogP contribution in [0.15, 0.2) is 48.5 Å². The van der Waals surface area contributed by atoms with Crippen molar-refractivity contribution in [2.75, 3.05) is 0 Å². The standard InChI is InChI=1S/C26H31ClN6O/c1-5-6-11-23-28-24(27)22(17-34-26(2,3)4)33(23)16-18-12-14-19(15-13-18)20-9-7-8-10-21(20)25-29-31-32-30-25/h7-10,12-15H,5-6,11,16-17H2,1-4H3,(H,29,30,31,32). The van der Waals surface area contributed by atoms with Gasteiger partial charge in [0.2, 0.25) is 5.82 Å². The van der Waals surface area contributed by atoms with Crippen LogP contribution in [-0.4, -0.2) is 35.8 Å². The van der Waals surface area contributed by atoms with Gasteiger partial charge in [-0.3, -0.25) is 0 Å². The zero-order chi connectivity index (χ0) is 24.1. The number of imidazole rings is 1. The van der Waals surface area contributed by atoms with Gasteiger partial charge in [0.25, 0.3) is 0 Å². The van der Waals surface area contributed by atoms with E-state index in [-0.39, 0.29) is 5.60 Å². The van der Waals surface area contributed by atoms with E-state index in [1.165, 1.54) is 5.56 Å². The number of hydrogen-bond acceptors (Lipinski definition) is 5. The SMILES string of the molecule is CCCCc1nc(Cl)c(COC(C)(C)C)n1Cc1ccc(-c2ccccc2-c2nn[nH]n2)cc1. The van der Waals surface area contributed by atoms with Crippen molar-refractivity contribution in [2.24, 2.45) is 0 Å². The maximum atomic E-state index is 6.56. The number of tetrazole rings is 1. The summed E-state index contributed by atoms with van der Waals surface area (Å²) in [4.78, 5) is 4.68. The highest BCUT2D eigenvalue weighted by Crippen LogP contribution is 2.30. The third kappa shape index (κ3) is 5.72. The summed E-state index contributed by atoms with van der Waals surface area (Å²) in [5, 5.41) is 15.0. The van der Waals surface area contributed by atoms with Crippen LogP contribution < -0.4 is 0 Å². The second-order valence-electron chi connectivity index (χ2n) is 9.33. The van der Waals surface area contributed by atoms with Crippen molar-refractivity contribution < 1.29 is 4.74 Å². The van der Waals surface area contributed by atoms with Crippen LogP contribution >= 0.6 is 11.6 Å². The van der Waals surface area contributed by atoms with Crippen LogP contribution in [-0.2, 0) is 24.3 Å². The summed E-state index contributed by atoms with van der Waals surface area (Å²) in [6.45, 7) is 9.44. The number of nitrogens with one attached hydrogen (secondary N) is 1. The normalized spacial score (nSPS) is 11.8. The zero-order valence-electron chi connectivity index (χ0n) is 20.2. The summed E-state index contributed by atoms with van der Waals surface area (Å²) in [6.07, 6.45) is 3.06. The van der Waals surface area contributed by atoms with Gasteiger partial charge in [0.05, 0.1) is 17.9 Å². The highest BCUT2D eigenvalue weighted by molar-refractivity contribution is 6.30. The number of hydrogen-bond donors (Lipinski definition) is 1. The lowest BCUT2D eigenvalue weighted by atomic mass is 9.98. The fraction of sp³-hybridized carbons (Fsp3) is 0.385. The van der Waals surface area contributed by atoms with E-state index in [2.05, 4.69) is 67.4 Å². The number of aromatic nitrogens is 6. The highest BCUT2D eigenvalue weighted by Gasteiger charge is 2.19. The second kappa shape index (κ2) is 10.5. The van der Waals surface area contributed by atoms with Crippen LogP contribution in [0.3, 0.4) is 0 Å². The van der Waals surface area contributed by atoms with Crippen molar-refractivity contribution in [3.8, 4) is 22.5 Å². The molecule has 0 saturated carbocycles. The van der Waals surface area contributed by atoms with Gasteiger partial charge in [-0.2, -0.15) is 5.21 Å². The number of aromatic amines is 1. The number of benzene rings is 2. The number of nitrogens with zero attached hydrogens (tertiary/aromatic N) is 5. The van der Waals surface area contributed by atoms with Crippen molar-refractivity contribution in [3.05, 3.63) is 70.8 Å². The van der Waals surface area contributed by atoms with Gasteiger partial charge >= 0.3 is 0 Å². The molecule has 2 aromatic carbocycles. The Balaban J connectivity index is 1.61. The van der Waals surface area contributed by atoms with E-state index < -0.39 is 0 Å². The lowest BCUT2D eigenvalue weighted by Crippen LogP contribution is -2.20. The second-order valence-corrected chi connectivity index (χ2v) is 9.69. The molecular weight excluding hydrogens is 448 g/mol. The van der Waals surface area contributed by atoms with Gasteiger partial charge < -0.3 is 9.30 Å². The molecular formula is C26H31ClN6O. The number of unbranched alkanes of at least 4 members (excludes halogenated alkanes) is 1. The van der Waals surface area contributed by atoms with Gasteiger partial charge in [-0.15, -0.1) is 10.2 Å². The summed E-state index contributed by atoms with van der Waals surface area (Å²) in [5.41, 5.74) is 4.93. The molecule has 34 heavy (non-hydrogen) atoms. The Hall–Kier alpha value is -3.03. The van der Waals surface area contributed by atoms with Gasteiger partial charge in [-0.25, -0.2) is 4.98 Å². The molecule has 7 nitrogen and oxygen atoms in total. The minimum absolute atomic E-state index is 0.254. The van der Waals surface area contributed by atoms with Crippen LogP contribution in [0.1, 0.15) is 57.6 Å². The van der Waals surface area contributed by atoms with E-state index in [0.29, 0.717) is 24.1 Å². The Kier molecular flexibility index (Phi) is 7.44. The molecule has 0 unspecified atom stereocenters. The first-order chi connectivity index (χ1) is 16.4. The molecule has 1 N–H and O–H groups in total. The van der Waals surface area contributed by atoms with Crippen molar-refractivity contribution >= 4 is 11.6 Å². The minimum atomic E-state index is -0.254. The van der Waals surface area contributed by atoms with E-state index in [1.807, 2.05) is 39.0 Å². The summed E-state index contributed by atoms with van der Waals surface area (Å²) >= 11 is 6.56. The van der Waals surface area contributed by atoms with Crippen molar-refractivity contribution in [1.82, 2.24) is 30.2 Å². The first kappa shape index (κ1) is 24.1. The zero-order valence-corrected chi connectivity index (χ0v) is 20.9. The number of halogens is 1. The van der Waals surface area contributed by atoms with Gasteiger partial charge in [-0.05, 0) is 49.1 Å². The summed E-state index contributed by atoms with van der Waals surface area (Å²) in [5.74, 6) is 1.59. The number of H-pyrrole nitrogens is 1. The first-order valence-corrected chi connectivity index (χ1v) is 12.0. The third-order valence-electron chi connectivity index (χ3n) is 5.62. The lowest BCUT2D eigenvalue weighted by molar-refractivity contribution is -0.0175. The molecule has 0 radical (unpaired) electrons. The summed E-state index contributed by atoms with van der Waals surface area (Å²) < 4.78 is 8.27. The van der Waals surface area contributed by atoms with E-state index in [4.69, 9.17) is 16.3 Å². The van der Waals surface area contributed by atoms with E-state index >= 15 is 0 Å². The smallest absolute Gasteiger partial charge is 0.205 e. The molecule has 178 valence electrons. The monoisotopic (exact) mass is 478 g/mol. The molecule has 2 heterocycles. The quantitative estimate of drug-likeness (QED) is 0.315. The third-order valence-corrected chi connectivity index (χ3v) is 5.92. The van der Waals surface area contributed by atoms with Crippen molar-refractivity contribution in [3.63, 3.8) is 0 Å². The molecule has 2 aromatic heterocycles. The molecule has 0 bridgehead atoms. The van der Waals surface area contributed by atoms with Gasteiger partial charge in [0, 0.05) is 18.5 Å². The molecule has 8 heteroatoms. The predicted octanol–water partition coefficient (Wildman–Crippen LogP) is 6.09. The Morgan fingerprint density at radius 1 is 1.03 bits per heavy atom. The molecule has 4 rings (SSSR count). The first-order valence-electron chi connectivity index (χ1n) is 11.7. The molecule has 0 aliphatic heterocycles. The largest absolute Gasteiger partial charge is 0.370 e. The molecule has 0 amide bonds. The molecule has 0 aliphatic carbocycles. The average molecular weight is 479 g/mol. The van der Waals surface area contributed by atoms with Crippen molar-refractivity contribution in [2.45, 2.75) is 65.7 Å². The maximum Gasteiger partial charge on any atom is 0.205 e. The van der Waals surface area contributed by atoms with E-state index in [1.54, 1.807) is 0 Å². The molecule has 0 atom stereocenters. The molecule has 4 aromatic rings. The molecule has 0 spiro atoms. The molecule has 0 saturated heterocycles. The molecule has 0 aliphatic rings. The topological polar surface area (TPSA) is 81.5 Å². The minimum Gasteiger partial charge on any atom is -0.370 e. The Labute approximate surface area is 205 Å². The highest BCUT2D eigenvalue weighted by atomic mass is 35.5. The number of rotatable bonds is 9. The van der Waals surface area contributed by atoms with Crippen LogP contribution in [0.2, 0.25) is 5.15 Å². The number of ether oxygens (including phenoxy) is 1. The Morgan fingerprint density at radius 3 is 2.41 bits per heavy atom. The van der Waals surface area contributed by atoms with E-state index in [9.17, 15) is 0 Å². The number of aryl methyl sites for hydroxylation is 1. The van der Waals surface area contributed by atoms with E-state index in [0.717, 1.165) is 47.5 Å². The van der Waals surface area contributed by atoms with Crippen LogP contribution in [0.4, 0.5) is 0 Å². The van der Waals surface area contributed by atoms with Crippen molar-refractivity contribution in [1.29, 1.82) is 0 Å². The fourth-order valence-corrected chi connectivity index (χ4v) is 4.07. The van der Waals surface area contributed by atoms with Gasteiger partial charge in [0.15, 0.2) is 5.15 Å². The Bertz CT molecular complexity index is 1210. The lowest BCUT2D eigenvalue weighted by Gasteiger charge is -2.21. The Morgan fingerprint density at radius 2 is 1.76 bits per heavy atom. The molecule has 0 fully saturated rings. The fourth-order valence-electron chi connectivity index (χ4n) is 3.82. The maximum absolute atomic E-state index is 6.56. The summed E-state index contributed by atoms with van der Waals surface area (Å²) in [7, 11) is 0. The average Bonchev–Trinajstić information content (AvgIpc) is 3.45. The van der Waals surface area contributed by atoms with Crippen LogP contribution in [0.25, 0.3) is 22.5 Å². The predicted molar refractivity (Wildman–Crippen MR) is 135 cm³/mol. The van der Waals surface area contributed by atoms with Gasteiger partial charge in [0.1, 0.15) is 5.82 Å². The van der Waals surface area contributed by atoms with Gasteiger partial charge in [-0.1, -0.05) is 73.5 Å². The summed E-state index contributed by atoms with van der Waals surface area (Å²) in [6, 6.07) is 16.6.